The van der Waals surface area contributed by atoms with E-state index in [9.17, 15) is 9.59 Å². The van der Waals surface area contributed by atoms with Gasteiger partial charge in [-0.25, -0.2) is 4.98 Å². The highest BCUT2D eigenvalue weighted by Crippen LogP contribution is 1.82. The third-order valence-corrected chi connectivity index (χ3v) is 1.20. The molecule has 0 aliphatic heterocycles. The fourth-order valence-corrected chi connectivity index (χ4v) is 0.614. The topological polar surface area (TPSA) is 109 Å². The molecule has 0 saturated carbocycles. The Morgan fingerprint density at radius 3 is 2.43 bits per heavy atom. The maximum Gasteiger partial charge on any atom is 0.303 e. The molecule has 78 valence electrons. The summed E-state index contributed by atoms with van der Waals surface area (Å²) in [6.45, 7) is 1.84. The molecule has 14 heavy (non-hydrogen) atoms. The first-order valence-corrected chi connectivity index (χ1v) is 4.09. The summed E-state index contributed by atoms with van der Waals surface area (Å²) < 4.78 is 0. The number of nitrogens with zero attached hydrogens (tertiary/aromatic N) is 1. The number of amides is 1. The molecule has 0 bridgehead atoms. The summed E-state index contributed by atoms with van der Waals surface area (Å²) in [4.78, 5) is 25.9. The Labute approximate surface area is 81.1 Å². The molecule has 1 heterocycles. The Kier molecular flexibility index (Phi) is 5.77. The SMILES string of the molecule is CCCC(=O)O.NC(=O)c1ncc[nH]1. The van der Waals surface area contributed by atoms with Crippen molar-refractivity contribution >= 4 is 11.9 Å². The number of aliphatic carboxylic acids is 1. The average Bonchev–Trinajstić information content (AvgIpc) is 2.56. The Bertz CT molecular complexity index is 282. The molecule has 0 aliphatic carbocycles. The monoisotopic (exact) mass is 199 g/mol. The highest BCUT2D eigenvalue weighted by Gasteiger charge is 1.97. The van der Waals surface area contributed by atoms with Gasteiger partial charge in [0, 0.05) is 18.8 Å². The molecule has 1 aromatic heterocycles. The zero-order valence-corrected chi connectivity index (χ0v) is 7.86. The van der Waals surface area contributed by atoms with E-state index in [4.69, 9.17) is 10.8 Å². The maximum atomic E-state index is 10.2. The number of carbonyl (C=O) groups excluding carboxylic acids is 1. The van der Waals surface area contributed by atoms with E-state index >= 15 is 0 Å². The number of carbonyl (C=O) groups is 2. The number of aromatic nitrogens is 2. The summed E-state index contributed by atoms with van der Waals surface area (Å²) >= 11 is 0. The smallest absolute Gasteiger partial charge is 0.303 e. The van der Waals surface area contributed by atoms with Gasteiger partial charge in [0.25, 0.3) is 5.91 Å². The molecular formula is C8H13N3O3. The van der Waals surface area contributed by atoms with Crippen molar-refractivity contribution in [2.75, 3.05) is 0 Å². The summed E-state index contributed by atoms with van der Waals surface area (Å²) in [5, 5.41) is 7.91. The number of hydrogen-bond acceptors (Lipinski definition) is 3. The largest absolute Gasteiger partial charge is 0.481 e. The summed E-state index contributed by atoms with van der Waals surface area (Å²) in [7, 11) is 0. The fraction of sp³-hybridized carbons (Fsp3) is 0.375. The molecule has 6 heteroatoms. The fourth-order valence-electron chi connectivity index (χ4n) is 0.614. The van der Waals surface area contributed by atoms with Crippen LogP contribution < -0.4 is 5.73 Å². The van der Waals surface area contributed by atoms with E-state index in [-0.39, 0.29) is 5.82 Å². The van der Waals surface area contributed by atoms with Crippen LogP contribution in [0.1, 0.15) is 30.4 Å². The summed E-state index contributed by atoms with van der Waals surface area (Å²) in [5.74, 6) is -1.04. The van der Waals surface area contributed by atoms with Crippen LogP contribution in [0.2, 0.25) is 0 Å². The van der Waals surface area contributed by atoms with Crippen LogP contribution in [0.5, 0.6) is 0 Å². The van der Waals surface area contributed by atoms with Crippen molar-refractivity contribution in [3.8, 4) is 0 Å². The molecule has 4 N–H and O–H groups in total. The van der Waals surface area contributed by atoms with Gasteiger partial charge in [0.15, 0.2) is 5.82 Å². The molecule has 0 fully saturated rings. The van der Waals surface area contributed by atoms with Gasteiger partial charge < -0.3 is 15.8 Å². The first-order valence-electron chi connectivity index (χ1n) is 4.09. The van der Waals surface area contributed by atoms with E-state index in [0.29, 0.717) is 6.42 Å². The first kappa shape index (κ1) is 12.2. The highest BCUT2D eigenvalue weighted by molar-refractivity contribution is 5.88. The lowest BCUT2D eigenvalue weighted by Gasteiger charge is -1.80. The maximum absolute atomic E-state index is 10.2. The molecule has 1 aromatic rings. The van der Waals surface area contributed by atoms with Crippen LogP contribution in [0.3, 0.4) is 0 Å². The van der Waals surface area contributed by atoms with Gasteiger partial charge in [-0.2, -0.15) is 0 Å². The molecular weight excluding hydrogens is 186 g/mol. The molecule has 1 amide bonds. The van der Waals surface area contributed by atoms with Gasteiger partial charge >= 0.3 is 5.97 Å². The van der Waals surface area contributed by atoms with Crippen molar-refractivity contribution in [3.05, 3.63) is 18.2 Å². The Morgan fingerprint density at radius 1 is 1.64 bits per heavy atom. The summed E-state index contributed by atoms with van der Waals surface area (Å²) in [6, 6.07) is 0. The lowest BCUT2D eigenvalue weighted by molar-refractivity contribution is -0.137. The normalized spacial score (nSPS) is 8.64. The zero-order valence-electron chi connectivity index (χ0n) is 7.86. The third-order valence-electron chi connectivity index (χ3n) is 1.20. The standard InChI is InChI=1S/C4H5N3O.C4H8O2/c5-3(8)4-6-1-2-7-4;1-2-3-4(5)6/h1-2H,(H2,5,8)(H,6,7);2-3H2,1H3,(H,5,6). The van der Waals surface area contributed by atoms with Crippen LogP contribution in [-0.4, -0.2) is 27.0 Å². The van der Waals surface area contributed by atoms with E-state index in [2.05, 4.69) is 9.97 Å². The Hall–Kier alpha value is -1.85. The molecule has 0 saturated heterocycles. The molecule has 0 radical (unpaired) electrons. The number of carboxylic acid groups (broad SMARTS) is 1. The predicted octanol–water partition coefficient (Wildman–Crippen LogP) is 0.380. The Balaban J connectivity index is 0.000000255. The number of H-pyrrole nitrogens is 1. The van der Waals surface area contributed by atoms with Gasteiger partial charge in [-0.05, 0) is 6.42 Å². The van der Waals surface area contributed by atoms with E-state index in [1.807, 2.05) is 6.92 Å². The van der Waals surface area contributed by atoms with Gasteiger partial charge in [-0.3, -0.25) is 9.59 Å². The van der Waals surface area contributed by atoms with Gasteiger partial charge in [0.05, 0.1) is 0 Å². The molecule has 0 unspecified atom stereocenters. The van der Waals surface area contributed by atoms with E-state index in [0.717, 1.165) is 6.42 Å². The highest BCUT2D eigenvalue weighted by atomic mass is 16.4. The second-order valence-electron chi connectivity index (χ2n) is 2.45. The molecule has 6 nitrogen and oxygen atoms in total. The van der Waals surface area contributed by atoms with Gasteiger partial charge in [0.2, 0.25) is 0 Å². The minimum absolute atomic E-state index is 0.199. The number of rotatable bonds is 3. The van der Waals surface area contributed by atoms with E-state index in [1.165, 1.54) is 6.20 Å². The zero-order chi connectivity index (χ0) is 11.0. The quantitative estimate of drug-likeness (QED) is 0.653. The third kappa shape index (κ3) is 5.76. The van der Waals surface area contributed by atoms with E-state index < -0.39 is 11.9 Å². The Morgan fingerprint density at radius 2 is 2.29 bits per heavy atom. The molecule has 0 aromatic carbocycles. The summed E-state index contributed by atoms with van der Waals surface area (Å²) in [5.41, 5.74) is 4.83. The van der Waals surface area contributed by atoms with Gasteiger partial charge in [0.1, 0.15) is 0 Å². The van der Waals surface area contributed by atoms with Gasteiger partial charge in [-0.1, -0.05) is 6.92 Å². The minimum atomic E-state index is -0.711. The van der Waals surface area contributed by atoms with Crippen LogP contribution in [-0.2, 0) is 4.79 Å². The number of nitrogens with one attached hydrogen (secondary N) is 1. The number of primary amides is 1. The van der Waals surface area contributed by atoms with Crippen LogP contribution in [0.4, 0.5) is 0 Å². The van der Waals surface area contributed by atoms with Crippen molar-refractivity contribution in [1.29, 1.82) is 0 Å². The number of nitrogens with two attached hydrogens (primary N) is 1. The lowest BCUT2D eigenvalue weighted by Crippen LogP contribution is -2.12. The molecule has 0 spiro atoms. The first-order chi connectivity index (χ1) is 6.57. The second-order valence-corrected chi connectivity index (χ2v) is 2.45. The van der Waals surface area contributed by atoms with Crippen LogP contribution in [0.25, 0.3) is 0 Å². The molecule has 1 rings (SSSR count). The van der Waals surface area contributed by atoms with Crippen molar-refractivity contribution in [3.63, 3.8) is 0 Å². The second kappa shape index (κ2) is 6.64. The van der Waals surface area contributed by atoms with Crippen molar-refractivity contribution < 1.29 is 14.7 Å². The number of aromatic amines is 1. The molecule has 0 atom stereocenters. The van der Waals surface area contributed by atoms with Crippen molar-refractivity contribution in [2.24, 2.45) is 5.73 Å². The number of hydrogen-bond donors (Lipinski definition) is 3. The van der Waals surface area contributed by atoms with Gasteiger partial charge in [-0.15, -0.1) is 0 Å². The van der Waals surface area contributed by atoms with E-state index in [1.54, 1.807) is 6.20 Å². The van der Waals surface area contributed by atoms with Crippen molar-refractivity contribution in [2.45, 2.75) is 19.8 Å². The minimum Gasteiger partial charge on any atom is -0.481 e. The lowest BCUT2D eigenvalue weighted by atomic mass is 10.4. The van der Waals surface area contributed by atoms with Crippen LogP contribution >= 0.6 is 0 Å². The summed E-state index contributed by atoms with van der Waals surface area (Å²) in [6.07, 6.45) is 4.04. The number of carboxylic acids is 1. The number of imidazole rings is 1. The van der Waals surface area contributed by atoms with Crippen LogP contribution in [0, 0.1) is 0 Å². The predicted molar refractivity (Wildman–Crippen MR) is 49.6 cm³/mol. The average molecular weight is 199 g/mol. The van der Waals surface area contributed by atoms with Crippen molar-refractivity contribution in [1.82, 2.24) is 9.97 Å². The van der Waals surface area contributed by atoms with Crippen LogP contribution in [0.15, 0.2) is 12.4 Å². The molecule has 0 aliphatic rings.